The molecule has 0 fully saturated rings. The van der Waals surface area contributed by atoms with Crippen molar-refractivity contribution in [1.82, 2.24) is 0 Å². The molecule has 0 radical (unpaired) electrons. The standard InChI is InChI=1S/C14H14O2/c1-2-7-16-14-9-11(10-15)8-12-5-3-4-6-13(12)14/h3-6,8-10H,2,7H2,1H3. The molecular formula is C14H14O2. The van der Waals surface area contributed by atoms with Crippen molar-refractivity contribution in [3.63, 3.8) is 0 Å². The number of carbonyl (C=O) groups is 1. The first kappa shape index (κ1) is 10.7. The van der Waals surface area contributed by atoms with Gasteiger partial charge in [0.1, 0.15) is 12.0 Å². The molecule has 0 saturated heterocycles. The van der Waals surface area contributed by atoms with E-state index in [1.165, 1.54) is 0 Å². The van der Waals surface area contributed by atoms with Gasteiger partial charge in [-0.2, -0.15) is 0 Å². The molecule has 82 valence electrons. The van der Waals surface area contributed by atoms with E-state index in [9.17, 15) is 4.79 Å². The second kappa shape index (κ2) is 4.79. The van der Waals surface area contributed by atoms with E-state index >= 15 is 0 Å². The fourth-order valence-electron chi connectivity index (χ4n) is 1.70. The molecule has 2 nitrogen and oxygen atoms in total. The zero-order chi connectivity index (χ0) is 11.4. The molecule has 0 amide bonds. The maximum atomic E-state index is 10.8. The first-order valence-corrected chi connectivity index (χ1v) is 5.46. The van der Waals surface area contributed by atoms with Gasteiger partial charge in [-0.3, -0.25) is 4.79 Å². The minimum atomic E-state index is 0.657. The van der Waals surface area contributed by atoms with Crippen LogP contribution in [0.4, 0.5) is 0 Å². The predicted molar refractivity (Wildman–Crippen MR) is 65.1 cm³/mol. The molecule has 2 aromatic carbocycles. The number of carbonyl (C=O) groups excluding carboxylic acids is 1. The van der Waals surface area contributed by atoms with Gasteiger partial charge >= 0.3 is 0 Å². The highest BCUT2D eigenvalue weighted by atomic mass is 16.5. The van der Waals surface area contributed by atoms with Gasteiger partial charge < -0.3 is 4.74 Å². The number of aldehydes is 1. The fraction of sp³-hybridized carbons (Fsp3) is 0.214. The molecule has 0 spiro atoms. The van der Waals surface area contributed by atoms with Crippen LogP contribution >= 0.6 is 0 Å². The third-order valence-electron chi connectivity index (χ3n) is 2.44. The normalized spacial score (nSPS) is 10.3. The van der Waals surface area contributed by atoms with Crippen molar-refractivity contribution in [2.75, 3.05) is 6.61 Å². The van der Waals surface area contributed by atoms with Gasteiger partial charge in [0.2, 0.25) is 0 Å². The summed E-state index contributed by atoms with van der Waals surface area (Å²) in [6.07, 6.45) is 1.81. The molecule has 0 aliphatic heterocycles. The molecular weight excluding hydrogens is 200 g/mol. The second-order valence-electron chi connectivity index (χ2n) is 3.71. The van der Waals surface area contributed by atoms with Crippen LogP contribution in [0.25, 0.3) is 10.8 Å². The number of hydrogen-bond acceptors (Lipinski definition) is 2. The molecule has 0 N–H and O–H groups in total. The predicted octanol–water partition coefficient (Wildman–Crippen LogP) is 3.44. The number of fused-ring (bicyclic) bond motifs is 1. The highest BCUT2D eigenvalue weighted by molar-refractivity contribution is 5.93. The van der Waals surface area contributed by atoms with Crippen LogP contribution < -0.4 is 4.74 Å². The molecule has 2 aromatic rings. The fourth-order valence-corrected chi connectivity index (χ4v) is 1.70. The van der Waals surface area contributed by atoms with Crippen molar-refractivity contribution in [1.29, 1.82) is 0 Å². The highest BCUT2D eigenvalue weighted by Crippen LogP contribution is 2.27. The van der Waals surface area contributed by atoms with Crippen LogP contribution in [-0.4, -0.2) is 12.9 Å². The third-order valence-corrected chi connectivity index (χ3v) is 2.44. The van der Waals surface area contributed by atoms with E-state index in [4.69, 9.17) is 4.74 Å². The molecule has 2 rings (SSSR count). The molecule has 0 unspecified atom stereocenters. The zero-order valence-electron chi connectivity index (χ0n) is 9.27. The molecule has 16 heavy (non-hydrogen) atoms. The average Bonchev–Trinajstić information content (AvgIpc) is 2.35. The van der Waals surface area contributed by atoms with Crippen molar-refractivity contribution in [2.24, 2.45) is 0 Å². The van der Waals surface area contributed by atoms with Gasteiger partial charge in [0.05, 0.1) is 6.61 Å². The van der Waals surface area contributed by atoms with Gasteiger partial charge in [-0.25, -0.2) is 0 Å². The number of ether oxygens (including phenoxy) is 1. The van der Waals surface area contributed by atoms with E-state index < -0.39 is 0 Å². The first-order valence-electron chi connectivity index (χ1n) is 5.46. The Kier molecular flexibility index (Phi) is 3.20. The monoisotopic (exact) mass is 214 g/mol. The number of hydrogen-bond donors (Lipinski definition) is 0. The van der Waals surface area contributed by atoms with Gasteiger partial charge in [0.15, 0.2) is 0 Å². The highest BCUT2D eigenvalue weighted by Gasteiger charge is 2.04. The van der Waals surface area contributed by atoms with E-state index in [1.54, 1.807) is 6.07 Å². The van der Waals surface area contributed by atoms with Crippen LogP contribution in [0, 0.1) is 0 Å². The minimum Gasteiger partial charge on any atom is -0.493 e. The van der Waals surface area contributed by atoms with E-state index in [0.717, 1.165) is 29.2 Å². The summed E-state index contributed by atoms with van der Waals surface area (Å²) in [4.78, 5) is 10.8. The summed E-state index contributed by atoms with van der Waals surface area (Å²) in [7, 11) is 0. The summed E-state index contributed by atoms with van der Waals surface area (Å²) in [5, 5.41) is 2.10. The first-order chi connectivity index (χ1) is 7.85. The molecule has 0 atom stereocenters. The minimum absolute atomic E-state index is 0.657. The molecule has 0 aliphatic rings. The van der Waals surface area contributed by atoms with Crippen molar-refractivity contribution in [3.8, 4) is 5.75 Å². The Balaban J connectivity index is 2.54. The van der Waals surface area contributed by atoms with Gasteiger partial charge in [0, 0.05) is 10.9 Å². The smallest absolute Gasteiger partial charge is 0.150 e. The van der Waals surface area contributed by atoms with Gasteiger partial charge in [-0.1, -0.05) is 31.2 Å². The van der Waals surface area contributed by atoms with Crippen LogP contribution in [0.15, 0.2) is 36.4 Å². The maximum absolute atomic E-state index is 10.8. The van der Waals surface area contributed by atoms with Crippen LogP contribution in [-0.2, 0) is 0 Å². The van der Waals surface area contributed by atoms with Crippen molar-refractivity contribution < 1.29 is 9.53 Å². The largest absolute Gasteiger partial charge is 0.493 e. The van der Waals surface area contributed by atoms with Crippen LogP contribution in [0.2, 0.25) is 0 Å². The Labute approximate surface area is 94.8 Å². The zero-order valence-corrected chi connectivity index (χ0v) is 9.27. The van der Waals surface area contributed by atoms with Crippen molar-refractivity contribution in [2.45, 2.75) is 13.3 Å². The number of benzene rings is 2. The lowest BCUT2D eigenvalue weighted by atomic mass is 10.1. The Morgan fingerprint density at radius 2 is 2.06 bits per heavy atom. The summed E-state index contributed by atoms with van der Waals surface area (Å²) >= 11 is 0. The molecule has 0 saturated carbocycles. The summed E-state index contributed by atoms with van der Waals surface area (Å²) in [6.45, 7) is 2.73. The summed E-state index contributed by atoms with van der Waals surface area (Å²) in [5.41, 5.74) is 0.657. The molecule has 0 bridgehead atoms. The number of rotatable bonds is 4. The van der Waals surface area contributed by atoms with Crippen LogP contribution in [0.5, 0.6) is 5.75 Å². The molecule has 0 heterocycles. The van der Waals surface area contributed by atoms with Gasteiger partial charge in [0.25, 0.3) is 0 Å². The Morgan fingerprint density at radius 1 is 1.25 bits per heavy atom. The Hall–Kier alpha value is -1.83. The van der Waals surface area contributed by atoms with Crippen LogP contribution in [0.3, 0.4) is 0 Å². The SMILES string of the molecule is CCCOc1cc(C=O)cc2ccccc12. The Morgan fingerprint density at radius 3 is 2.81 bits per heavy atom. The maximum Gasteiger partial charge on any atom is 0.150 e. The van der Waals surface area contributed by atoms with E-state index in [0.29, 0.717) is 12.2 Å². The summed E-state index contributed by atoms with van der Waals surface area (Å²) in [5.74, 6) is 0.794. The van der Waals surface area contributed by atoms with Crippen molar-refractivity contribution in [3.05, 3.63) is 42.0 Å². The lowest BCUT2D eigenvalue weighted by Gasteiger charge is -2.09. The van der Waals surface area contributed by atoms with Gasteiger partial charge in [-0.05, 0) is 23.9 Å². The second-order valence-corrected chi connectivity index (χ2v) is 3.71. The quantitative estimate of drug-likeness (QED) is 0.729. The van der Waals surface area contributed by atoms with Crippen LogP contribution in [0.1, 0.15) is 23.7 Å². The van der Waals surface area contributed by atoms with E-state index in [1.807, 2.05) is 30.3 Å². The summed E-state index contributed by atoms with van der Waals surface area (Å²) in [6, 6.07) is 11.6. The van der Waals surface area contributed by atoms with E-state index in [2.05, 4.69) is 6.92 Å². The lowest BCUT2D eigenvalue weighted by Crippen LogP contribution is -1.96. The molecule has 2 heteroatoms. The van der Waals surface area contributed by atoms with Gasteiger partial charge in [-0.15, -0.1) is 0 Å². The molecule has 0 aromatic heterocycles. The average molecular weight is 214 g/mol. The van der Waals surface area contributed by atoms with E-state index in [-0.39, 0.29) is 0 Å². The Bertz CT molecular complexity index is 503. The lowest BCUT2D eigenvalue weighted by molar-refractivity contribution is 0.112. The molecule has 0 aliphatic carbocycles. The third kappa shape index (κ3) is 2.06. The topological polar surface area (TPSA) is 26.3 Å². The summed E-state index contributed by atoms with van der Waals surface area (Å²) < 4.78 is 5.65. The van der Waals surface area contributed by atoms with Crippen molar-refractivity contribution >= 4 is 17.1 Å².